The lowest BCUT2D eigenvalue weighted by molar-refractivity contribution is -0.137. The Kier molecular flexibility index (Phi) is 26.5. The summed E-state index contributed by atoms with van der Waals surface area (Å²) in [5.41, 5.74) is 0. The van der Waals surface area contributed by atoms with Gasteiger partial charge in [0.25, 0.3) is 0 Å². The second kappa shape index (κ2) is 27.2. The lowest BCUT2D eigenvalue weighted by Gasteiger charge is -2.03. The molecule has 0 aliphatic heterocycles. The van der Waals surface area contributed by atoms with Crippen LogP contribution in [0.25, 0.3) is 0 Å². The fourth-order valence-corrected chi connectivity index (χ4v) is 4.29. The topological polar surface area (TPSA) is 37.3 Å². The first-order chi connectivity index (χ1) is 15.3. The minimum Gasteiger partial charge on any atom is -0.481 e. The Balaban J connectivity index is 3.08. The number of carboxylic acids is 1. The van der Waals surface area contributed by atoms with E-state index in [4.69, 9.17) is 5.11 Å². The van der Waals surface area contributed by atoms with Crippen molar-refractivity contribution in [1.82, 2.24) is 0 Å². The van der Waals surface area contributed by atoms with Gasteiger partial charge in [-0.2, -0.15) is 0 Å². The monoisotopic (exact) mass is 436 g/mol. The molecule has 0 aromatic heterocycles. The molecule has 0 bridgehead atoms. The van der Waals surface area contributed by atoms with E-state index >= 15 is 0 Å². The van der Waals surface area contributed by atoms with E-state index in [1.54, 1.807) is 0 Å². The third kappa shape index (κ3) is 29.2. The largest absolute Gasteiger partial charge is 0.481 e. The maximum atomic E-state index is 10.4. The predicted molar refractivity (Wildman–Crippen MR) is 138 cm³/mol. The van der Waals surface area contributed by atoms with Crippen LogP contribution in [0.1, 0.15) is 167 Å². The van der Waals surface area contributed by atoms with Gasteiger partial charge in [-0.1, -0.05) is 141 Å². The third-order valence-electron chi connectivity index (χ3n) is 6.40. The smallest absolute Gasteiger partial charge is 0.303 e. The van der Waals surface area contributed by atoms with Gasteiger partial charge in [0.2, 0.25) is 0 Å². The van der Waals surface area contributed by atoms with E-state index in [1.807, 2.05) is 0 Å². The normalized spacial score (nSPS) is 11.5. The predicted octanol–water partition coefficient (Wildman–Crippen LogP) is 10.4. The minimum absolute atomic E-state index is 0.337. The third-order valence-corrected chi connectivity index (χ3v) is 6.40. The van der Waals surface area contributed by atoms with Crippen LogP contribution in [0.5, 0.6) is 0 Å². The highest BCUT2D eigenvalue weighted by Gasteiger charge is 1.97. The standard InChI is InChI=1S/C29H56O2/c1-2-3-4-5-6-7-8-9-10-11-12-13-14-15-16-17-18-19-20-21-22-23-24-25-26-27-28-29(30)31/h18-19H,2-17,20-28H2,1H3,(H,30,31)/b19-18+. The number of hydrogen-bond acceptors (Lipinski definition) is 1. The van der Waals surface area contributed by atoms with E-state index in [9.17, 15) is 4.79 Å². The molecule has 0 spiro atoms. The van der Waals surface area contributed by atoms with Gasteiger partial charge in [-0.05, 0) is 32.1 Å². The Hall–Kier alpha value is -0.790. The molecule has 2 nitrogen and oxygen atoms in total. The van der Waals surface area contributed by atoms with Crippen LogP contribution in [0.15, 0.2) is 12.2 Å². The molecule has 31 heavy (non-hydrogen) atoms. The summed E-state index contributed by atoms with van der Waals surface area (Å²) in [6, 6.07) is 0. The molecule has 184 valence electrons. The SMILES string of the molecule is CCCCCCCCCCCCCCCCC/C=C/CCCCCCCCCC(=O)O. The summed E-state index contributed by atoms with van der Waals surface area (Å²) < 4.78 is 0. The molecule has 0 atom stereocenters. The first-order valence-electron chi connectivity index (χ1n) is 14.1. The number of aliphatic carboxylic acids is 1. The first-order valence-corrected chi connectivity index (χ1v) is 14.1. The van der Waals surface area contributed by atoms with E-state index in [1.165, 1.54) is 141 Å². The fourth-order valence-electron chi connectivity index (χ4n) is 4.29. The van der Waals surface area contributed by atoms with Crippen molar-refractivity contribution < 1.29 is 9.90 Å². The molecule has 0 rings (SSSR count). The van der Waals surface area contributed by atoms with E-state index in [0.717, 1.165) is 12.8 Å². The highest BCUT2D eigenvalue weighted by atomic mass is 16.4. The number of allylic oxidation sites excluding steroid dienone is 2. The number of rotatable bonds is 26. The van der Waals surface area contributed by atoms with Crippen molar-refractivity contribution in [3.05, 3.63) is 12.2 Å². The molecule has 2 heteroatoms. The molecule has 0 aliphatic carbocycles. The first kappa shape index (κ1) is 30.2. The van der Waals surface area contributed by atoms with E-state index in [-0.39, 0.29) is 0 Å². The van der Waals surface area contributed by atoms with Crippen LogP contribution in [0, 0.1) is 0 Å². The molecule has 0 unspecified atom stereocenters. The fraction of sp³-hybridized carbons (Fsp3) is 0.897. The van der Waals surface area contributed by atoms with Crippen LogP contribution in [0.3, 0.4) is 0 Å². The van der Waals surface area contributed by atoms with Crippen molar-refractivity contribution in [2.45, 2.75) is 167 Å². The summed E-state index contributed by atoms with van der Waals surface area (Å²) in [5, 5.41) is 8.59. The zero-order valence-electron chi connectivity index (χ0n) is 21.2. The minimum atomic E-state index is -0.656. The summed E-state index contributed by atoms with van der Waals surface area (Å²) in [4.78, 5) is 10.4. The molecule has 1 N–H and O–H groups in total. The number of carboxylic acid groups (broad SMARTS) is 1. The summed E-state index contributed by atoms with van der Waals surface area (Å²) in [6.07, 6.45) is 37.5. The molecular formula is C29H56O2. The van der Waals surface area contributed by atoms with Crippen molar-refractivity contribution >= 4 is 5.97 Å². The van der Waals surface area contributed by atoms with E-state index in [0.29, 0.717) is 6.42 Å². The van der Waals surface area contributed by atoms with Crippen LogP contribution in [0.4, 0.5) is 0 Å². The van der Waals surface area contributed by atoms with Gasteiger partial charge in [0.05, 0.1) is 0 Å². The lowest BCUT2D eigenvalue weighted by Crippen LogP contribution is -1.93. The van der Waals surface area contributed by atoms with Crippen molar-refractivity contribution in [3.63, 3.8) is 0 Å². The Bertz CT molecular complexity index is 375. The van der Waals surface area contributed by atoms with Crippen LogP contribution in [-0.2, 0) is 4.79 Å². The van der Waals surface area contributed by atoms with Gasteiger partial charge in [-0.25, -0.2) is 0 Å². The summed E-state index contributed by atoms with van der Waals surface area (Å²) in [5.74, 6) is -0.656. The molecular weight excluding hydrogens is 380 g/mol. The zero-order chi connectivity index (χ0) is 22.7. The summed E-state index contributed by atoms with van der Waals surface area (Å²) in [6.45, 7) is 2.29. The molecule has 0 aromatic rings. The molecule has 0 saturated carbocycles. The number of hydrogen-bond donors (Lipinski definition) is 1. The lowest BCUT2D eigenvalue weighted by atomic mass is 10.0. The Morgan fingerprint density at radius 3 is 1.10 bits per heavy atom. The molecule has 0 saturated heterocycles. The van der Waals surface area contributed by atoms with Crippen LogP contribution >= 0.6 is 0 Å². The second-order valence-corrected chi connectivity index (χ2v) is 9.62. The van der Waals surface area contributed by atoms with Gasteiger partial charge in [0.15, 0.2) is 0 Å². The number of carbonyl (C=O) groups is 1. The Morgan fingerprint density at radius 2 is 0.774 bits per heavy atom. The van der Waals surface area contributed by atoms with E-state index in [2.05, 4.69) is 19.1 Å². The van der Waals surface area contributed by atoms with Crippen LogP contribution < -0.4 is 0 Å². The summed E-state index contributed by atoms with van der Waals surface area (Å²) in [7, 11) is 0. The van der Waals surface area contributed by atoms with E-state index < -0.39 is 5.97 Å². The maximum absolute atomic E-state index is 10.4. The zero-order valence-corrected chi connectivity index (χ0v) is 21.2. The summed E-state index contributed by atoms with van der Waals surface area (Å²) >= 11 is 0. The molecule has 0 heterocycles. The van der Waals surface area contributed by atoms with Crippen LogP contribution in [0.2, 0.25) is 0 Å². The maximum Gasteiger partial charge on any atom is 0.303 e. The van der Waals surface area contributed by atoms with Crippen molar-refractivity contribution in [1.29, 1.82) is 0 Å². The van der Waals surface area contributed by atoms with Gasteiger partial charge < -0.3 is 5.11 Å². The van der Waals surface area contributed by atoms with Crippen molar-refractivity contribution in [2.24, 2.45) is 0 Å². The van der Waals surface area contributed by atoms with Gasteiger partial charge in [0.1, 0.15) is 0 Å². The quantitative estimate of drug-likeness (QED) is 0.108. The molecule has 0 fully saturated rings. The van der Waals surface area contributed by atoms with Gasteiger partial charge in [0, 0.05) is 6.42 Å². The molecule has 0 radical (unpaired) electrons. The molecule has 0 aromatic carbocycles. The Morgan fingerprint density at radius 1 is 0.484 bits per heavy atom. The van der Waals surface area contributed by atoms with Gasteiger partial charge in [-0.3, -0.25) is 4.79 Å². The second-order valence-electron chi connectivity index (χ2n) is 9.62. The average Bonchev–Trinajstić information content (AvgIpc) is 2.76. The van der Waals surface area contributed by atoms with Crippen LogP contribution in [-0.4, -0.2) is 11.1 Å². The highest BCUT2D eigenvalue weighted by Crippen LogP contribution is 2.14. The molecule has 0 amide bonds. The average molecular weight is 437 g/mol. The van der Waals surface area contributed by atoms with Crippen molar-refractivity contribution in [3.8, 4) is 0 Å². The number of unbranched alkanes of at least 4 members (excludes halogenated alkanes) is 22. The highest BCUT2D eigenvalue weighted by molar-refractivity contribution is 5.66. The van der Waals surface area contributed by atoms with Gasteiger partial charge in [-0.15, -0.1) is 0 Å². The van der Waals surface area contributed by atoms with Gasteiger partial charge >= 0.3 is 5.97 Å². The Labute approximate surface area is 195 Å². The molecule has 0 aliphatic rings. The van der Waals surface area contributed by atoms with Crippen molar-refractivity contribution in [2.75, 3.05) is 0 Å².